The van der Waals surface area contributed by atoms with Crippen molar-refractivity contribution in [1.29, 1.82) is 0 Å². The van der Waals surface area contributed by atoms with E-state index in [0.29, 0.717) is 16.4 Å². The second-order valence-corrected chi connectivity index (χ2v) is 9.03. The molecule has 2 aromatic carbocycles. The summed E-state index contributed by atoms with van der Waals surface area (Å²) in [5.41, 5.74) is 0.851. The zero-order valence-electron chi connectivity index (χ0n) is 15.6. The van der Waals surface area contributed by atoms with E-state index >= 15 is 0 Å². The van der Waals surface area contributed by atoms with Crippen LogP contribution in [0.5, 0.6) is 0 Å². The Bertz CT molecular complexity index is 1070. The first-order valence-corrected chi connectivity index (χ1v) is 10.8. The van der Waals surface area contributed by atoms with E-state index in [1.165, 1.54) is 29.2 Å². The zero-order valence-corrected chi connectivity index (χ0v) is 17.2. The average molecular weight is 436 g/mol. The predicted molar refractivity (Wildman–Crippen MR) is 109 cm³/mol. The van der Waals surface area contributed by atoms with Gasteiger partial charge >= 0.3 is 6.03 Å². The molecule has 0 saturated carbocycles. The van der Waals surface area contributed by atoms with Gasteiger partial charge in [-0.05, 0) is 55.5 Å². The summed E-state index contributed by atoms with van der Waals surface area (Å²) in [6, 6.07) is 10.7. The predicted octanol–water partition coefficient (Wildman–Crippen LogP) is 2.54. The van der Waals surface area contributed by atoms with Gasteiger partial charge in [0.15, 0.2) is 9.84 Å². The molecule has 1 heterocycles. The maximum Gasteiger partial charge on any atom is 0.332 e. The van der Waals surface area contributed by atoms with Crippen LogP contribution < -0.4 is 10.2 Å². The topological polar surface area (TPSA) is 104 Å². The van der Waals surface area contributed by atoms with Gasteiger partial charge in [0.2, 0.25) is 5.91 Å². The Morgan fingerprint density at radius 2 is 1.66 bits per heavy atom. The lowest BCUT2D eigenvalue weighted by molar-refractivity contribution is -0.130. The van der Waals surface area contributed by atoms with Gasteiger partial charge in [0.1, 0.15) is 12.6 Å². The van der Waals surface area contributed by atoms with Gasteiger partial charge < -0.3 is 5.32 Å². The van der Waals surface area contributed by atoms with E-state index in [0.717, 1.165) is 11.2 Å². The summed E-state index contributed by atoms with van der Waals surface area (Å²) in [7, 11) is -3.35. The lowest BCUT2D eigenvalue weighted by atomic mass is 10.2. The number of anilines is 2. The molecule has 152 valence electrons. The van der Waals surface area contributed by atoms with Gasteiger partial charge in [-0.25, -0.2) is 13.2 Å². The van der Waals surface area contributed by atoms with Crippen LogP contribution >= 0.6 is 11.6 Å². The molecule has 1 aliphatic heterocycles. The van der Waals surface area contributed by atoms with Crippen LogP contribution in [-0.4, -0.2) is 50.0 Å². The molecular weight excluding hydrogens is 418 g/mol. The lowest BCUT2D eigenvalue weighted by Gasteiger charge is -2.19. The largest absolute Gasteiger partial charge is 0.332 e. The summed E-state index contributed by atoms with van der Waals surface area (Å²) in [6.45, 7) is 1.12. The van der Waals surface area contributed by atoms with Gasteiger partial charge in [0, 0.05) is 22.7 Å². The maximum absolute atomic E-state index is 12.7. The summed E-state index contributed by atoms with van der Waals surface area (Å²) >= 11 is 5.86. The van der Waals surface area contributed by atoms with Gasteiger partial charge in [-0.2, -0.15) is 0 Å². The number of halogens is 1. The molecule has 0 spiro atoms. The molecule has 0 aliphatic carbocycles. The number of imide groups is 1. The fourth-order valence-corrected chi connectivity index (χ4v) is 3.69. The number of urea groups is 1. The second kappa shape index (κ2) is 7.84. The third kappa shape index (κ3) is 4.41. The molecule has 1 saturated heterocycles. The first kappa shape index (κ1) is 20.8. The molecule has 0 radical (unpaired) electrons. The van der Waals surface area contributed by atoms with Gasteiger partial charge in [0.25, 0.3) is 5.91 Å². The standard InChI is InChI=1S/C19H18ClN3O5S/c1-12-18(25)22(19(26)23(12)15-7-3-13(20)4-8-15)11-17(24)21-14-5-9-16(10-6-14)29(2,27)28/h3-10,12H,11H2,1-2H3,(H,21,24). The van der Waals surface area contributed by atoms with Crippen LogP contribution in [0, 0.1) is 0 Å². The van der Waals surface area contributed by atoms with E-state index < -0.39 is 40.3 Å². The first-order chi connectivity index (χ1) is 13.6. The van der Waals surface area contributed by atoms with Crippen molar-refractivity contribution >= 4 is 50.7 Å². The molecule has 1 N–H and O–H groups in total. The Morgan fingerprint density at radius 1 is 1.07 bits per heavy atom. The van der Waals surface area contributed by atoms with E-state index in [9.17, 15) is 22.8 Å². The average Bonchev–Trinajstić information content (AvgIpc) is 2.86. The van der Waals surface area contributed by atoms with Crippen molar-refractivity contribution in [2.24, 2.45) is 0 Å². The van der Waals surface area contributed by atoms with Crippen molar-refractivity contribution in [2.45, 2.75) is 17.9 Å². The molecule has 1 fully saturated rings. The monoisotopic (exact) mass is 435 g/mol. The SMILES string of the molecule is CC1C(=O)N(CC(=O)Nc2ccc(S(C)(=O)=O)cc2)C(=O)N1c1ccc(Cl)cc1. The van der Waals surface area contributed by atoms with Crippen LogP contribution in [0.25, 0.3) is 0 Å². The summed E-state index contributed by atoms with van der Waals surface area (Å²) in [6.07, 6.45) is 1.08. The number of hydrogen-bond donors (Lipinski definition) is 1. The highest BCUT2D eigenvalue weighted by Gasteiger charge is 2.44. The van der Waals surface area contributed by atoms with Crippen molar-refractivity contribution in [3.63, 3.8) is 0 Å². The van der Waals surface area contributed by atoms with Gasteiger partial charge in [0.05, 0.1) is 4.90 Å². The van der Waals surface area contributed by atoms with E-state index in [2.05, 4.69) is 5.32 Å². The smallest absolute Gasteiger partial charge is 0.325 e. The molecule has 10 heteroatoms. The van der Waals surface area contributed by atoms with Crippen LogP contribution in [0.3, 0.4) is 0 Å². The third-order valence-corrected chi connectivity index (χ3v) is 5.80. The number of carbonyl (C=O) groups is 3. The number of nitrogens with zero attached hydrogens (tertiary/aromatic N) is 2. The van der Waals surface area contributed by atoms with Crippen LogP contribution in [0.15, 0.2) is 53.4 Å². The molecule has 1 aliphatic rings. The fourth-order valence-electron chi connectivity index (χ4n) is 2.94. The Balaban J connectivity index is 1.70. The molecule has 2 aromatic rings. The van der Waals surface area contributed by atoms with Crippen LogP contribution in [0.2, 0.25) is 5.02 Å². The highest BCUT2D eigenvalue weighted by atomic mass is 35.5. The zero-order chi connectivity index (χ0) is 21.3. The van der Waals surface area contributed by atoms with Crippen molar-refractivity contribution in [3.05, 3.63) is 53.6 Å². The molecule has 4 amide bonds. The van der Waals surface area contributed by atoms with Gasteiger partial charge in [-0.15, -0.1) is 0 Å². The van der Waals surface area contributed by atoms with E-state index in [4.69, 9.17) is 11.6 Å². The highest BCUT2D eigenvalue weighted by Crippen LogP contribution is 2.27. The third-order valence-electron chi connectivity index (χ3n) is 4.42. The summed E-state index contributed by atoms with van der Waals surface area (Å²) < 4.78 is 23.0. The number of sulfone groups is 1. The molecule has 1 unspecified atom stereocenters. The summed E-state index contributed by atoms with van der Waals surface area (Å²) in [5.74, 6) is -1.07. The van der Waals surface area contributed by atoms with E-state index in [1.54, 1.807) is 31.2 Å². The number of nitrogens with one attached hydrogen (secondary N) is 1. The summed E-state index contributed by atoms with van der Waals surface area (Å²) in [4.78, 5) is 39.8. The Kier molecular flexibility index (Phi) is 5.63. The minimum Gasteiger partial charge on any atom is -0.325 e. The van der Waals surface area contributed by atoms with Gasteiger partial charge in [-0.3, -0.25) is 19.4 Å². The summed E-state index contributed by atoms with van der Waals surface area (Å²) in [5, 5.41) is 3.05. The normalized spacial score (nSPS) is 17.0. The molecule has 29 heavy (non-hydrogen) atoms. The fraction of sp³-hybridized carbons (Fsp3) is 0.211. The van der Waals surface area contributed by atoms with Gasteiger partial charge in [-0.1, -0.05) is 11.6 Å². The minimum absolute atomic E-state index is 0.118. The molecular formula is C19H18ClN3O5S. The van der Waals surface area contributed by atoms with Crippen molar-refractivity contribution in [3.8, 4) is 0 Å². The maximum atomic E-state index is 12.7. The molecule has 0 bridgehead atoms. The number of hydrogen-bond acceptors (Lipinski definition) is 5. The number of benzene rings is 2. The Labute approximate surface area is 173 Å². The highest BCUT2D eigenvalue weighted by molar-refractivity contribution is 7.90. The Hall–Kier alpha value is -2.91. The number of carbonyl (C=O) groups excluding carboxylic acids is 3. The number of rotatable bonds is 5. The number of amides is 4. The molecule has 0 aromatic heterocycles. The van der Waals surface area contributed by atoms with Crippen molar-refractivity contribution in [1.82, 2.24) is 4.90 Å². The quantitative estimate of drug-likeness (QED) is 0.727. The van der Waals surface area contributed by atoms with E-state index in [-0.39, 0.29) is 4.90 Å². The Morgan fingerprint density at radius 3 is 2.21 bits per heavy atom. The molecule has 8 nitrogen and oxygen atoms in total. The lowest BCUT2D eigenvalue weighted by Crippen LogP contribution is -2.39. The van der Waals surface area contributed by atoms with Crippen LogP contribution in [0.4, 0.5) is 16.2 Å². The van der Waals surface area contributed by atoms with Crippen LogP contribution in [0.1, 0.15) is 6.92 Å². The van der Waals surface area contributed by atoms with E-state index in [1.807, 2.05) is 0 Å². The minimum atomic E-state index is -3.35. The van der Waals surface area contributed by atoms with Crippen LogP contribution in [-0.2, 0) is 19.4 Å². The molecule has 1 atom stereocenters. The van der Waals surface area contributed by atoms with Crippen molar-refractivity contribution in [2.75, 3.05) is 23.0 Å². The first-order valence-electron chi connectivity index (χ1n) is 8.58. The van der Waals surface area contributed by atoms with Crippen molar-refractivity contribution < 1.29 is 22.8 Å². The molecule has 3 rings (SSSR count). The second-order valence-electron chi connectivity index (χ2n) is 6.57.